The molecule has 0 aliphatic heterocycles. The quantitative estimate of drug-likeness (QED) is 0.515. The molecule has 0 unspecified atom stereocenters. The van der Waals surface area contributed by atoms with Gasteiger partial charge in [-0.25, -0.2) is 4.39 Å². The van der Waals surface area contributed by atoms with Gasteiger partial charge in [0.25, 0.3) is 0 Å². The summed E-state index contributed by atoms with van der Waals surface area (Å²) in [7, 11) is 0. The molecule has 0 aliphatic rings. The van der Waals surface area contributed by atoms with Crippen LogP contribution in [0.15, 0.2) is 46.2 Å². The molecular formula is C12H11FN2OS. The predicted octanol–water partition coefficient (Wildman–Crippen LogP) is 2.72. The number of hydrogen-bond donors (Lipinski definition) is 1. The highest BCUT2D eigenvalue weighted by atomic mass is 32.1. The Morgan fingerprint density at radius 1 is 1.29 bits per heavy atom. The summed E-state index contributed by atoms with van der Waals surface area (Å²) in [6.45, 7) is 0.269. The molecule has 0 aliphatic carbocycles. The lowest BCUT2D eigenvalue weighted by molar-refractivity contribution is 0.130. The standard InChI is InChI=1S/C12H11FN2OS/c13-11-3-1-9(2-4-11)7-16-15-12(14)10-5-6-17-8-10/h1-6,8H,7H2,(H2,14,15). The molecule has 3 nitrogen and oxygen atoms in total. The fourth-order valence-corrected chi connectivity index (χ4v) is 1.87. The minimum Gasteiger partial charge on any atom is -0.389 e. The van der Waals surface area contributed by atoms with E-state index in [2.05, 4.69) is 5.16 Å². The Hall–Kier alpha value is -1.88. The van der Waals surface area contributed by atoms with E-state index in [0.717, 1.165) is 11.1 Å². The van der Waals surface area contributed by atoms with Gasteiger partial charge in [-0.15, -0.1) is 0 Å². The average Bonchev–Trinajstić information content (AvgIpc) is 2.85. The zero-order chi connectivity index (χ0) is 12.1. The summed E-state index contributed by atoms with van der Waals surface area (Å²) in [5.41, 5.74) is 7.38. The number of amidine groups is 1. The molecule has 0 fully saturated rings. The number of oxime groups is 1. The number of rotatable bonds is 4. The Morgan fingerprint density at radius 3 is 2.71 bits per heavy atom. The van der Waals surface area contributed by atoms with Crippen LogP contribution >= 0.6 is 11.3 Å². The maximum atomic E-state index is 12.6. The maximum Gasteiger partial charge on any atom is 0.171 e. The molecule has 1 heterocycles. The maximum absolute atomic E-state index is 12.6. The molecule has 2 N–H and O–H groups in total. The Balaban J connectivity index is 1.91. The van der Waals surface area contributed by atoms with Crippen molar-refractivity contribution in [2.45, 2.75) is 6.61 Å². The number of benzene rings is 1. The van der Waals surface area contributed by atoms with Crippen LogP contribution in [0.4, 0.5) is 4.39 Å². The van der Waals surface area contributed by atoms with Gasteiger partial charge in [0.2, 0.25) is 0 Å². The van der Waals surface area contributed by atoms with Gasteiger partial charge in [0.05, 0.1) is 0 Å². The predicted molar refractivity (Wildman–Crippen MR) is 66.2 cm³/mol. The monoisotopic (exact) mass is 250 g/mol. The molecule has 2 rings (SSSR count). The van der Waals surface area contributed by atoms with Gasteiger partial charge in [-0.05, 0) is 29.1 Å². The van der Waals surface area contributed by atoms with Crippen LogP contribution in [0.2, 0.25) is 0 Å². The highest BCUT2D eigenvalue weighted by Crippen LogP contribution is 2.07. The number of nitrogens with two attached hydrogens (primary N) is 1. The van der Waals surface area contributed by atoms with E-state index in [1.165, 1.54) is 12.1 Å². The molecule has 88 valence electrons. The minimum atomic E-state index is -0.268. The lowest BCUT2D eigenvalue weighted by Crippen LogP contribution is -2.12. The van der Waals surface area contributed by atoms with Gasteiger partial charge in [-0.3, -0.25) is 0 Å². The summed E-state index contributed by atoms with van der Waals surface area (Å²) in [5, 5.41) is 7.60. The highest BCUT2D eigenvalue weighted by Gasteiger charge is 1.99. The summed E-state index contributed by atoms with van der Waals surface area (Å²) >= 11 is 1.54. The molecule has 5 heteroatoms. The van der Waals surface area contributed by atoms with E-state index in [9.17, 15) is 4.39 Å². The van der Waals surface area contributed by atoms with Crippen molar-refractivity contribution in [1.82, 2.24) is 0 Å². The number of thiophene rings is 1. The van der Waals surface area contributed by atoms with E-state index in [4.69, 9.17) is 10.6 Å². The Morgan fingerprint density at radius 2 is 2.06 bits per heavy atom. The van der Waals surface area contributed by atoms with Crippen LogP contribution in [0.25, 0.3) is 0 Å². The molecule has 0 saturated heterocycles. The molecule has 0 radical (unpaired) electrons. The Bertz CT molecular complexity index is 494. The van der Waals surface area contributed by atoms with Gasteiger partial charge in [-0.2, -0.15) is 11.3 Å². The molecule has 0 bridgehead atoms. The van der Waals surface area contributed by atoms with E-state index in [0.29, 0.717) is 5.84 Å². The zero-order valence-corrected chi connectivity index (χ0v) is 9.78. The van der Waals surface area contributed by atoms with Gasteiger partial charge in [-0.1, -0.05) is 17.3 Å². The summed E-state index contributed by atoms with van der Waals surface area (Å²) in [5.74, 6) is 0.0726. The van der Waals surface area contributed by atoms with Gasteiger partial charge in [0.1, 0.15) is 12.4 Å². The molecule has 0 spiro atoms. The summed E-state index contributed by atoms with van der Waals surface area (Å²) in [6.07, 6.45) is 0. The summed E-state index contributed by atoms with van der Waals surface area (Å²) < 4.78 is 12.6. The SMILES string of the molecule is N/C(=N\OCc1ccc(F)cc1)c1ccsc1. The van der Waals surface area contributed by atoms with Crippen molar-refractivity contribution in [1.29, 1.82) is 0 Å². The van der Waals surface area contributed by atoms with Crippen LogP contribution in [0.1, 0.15) is 11.1 Å². The normalized spacial score (nSPS) is 11.5. The Kier molecular flexibility index (Phi) is 3.72. The van der Waals surface area contributed by atoms with Crippen LogP contribution < -0.4 is 5.73 Å². The highest BCUT2D eigenvalue weighted by molar-refractivity contribution is 7.08. The minimum absolute atomic E-state index is 0.268. The third-order valence-corrected chi connectivity index (χ3v) is 2.81. The number of halogens is 1. The topological polar surface area (TPSA) is 47.6 Å². The van der Waals surface area contributed by atoms with Crippen molar-refractivity contribution in [2.24, 2.45) is 10.9 Å². The number of hydrogen-bond acceptors (Lipinski definition) is 3. The molecule has 0 amide bonds. The van der Waals surface area contributed by atoms with Gasteiger partial charge in [0, 0.05) is 10.9 Å². The lowest BCUT2D eigenvalue weighted by Gasteiger charge is -2.01. The molecule has 1 aromatic carbocycles. The Labute approximate surface area is 102 Å². The smallest absolute Gasteiger partial charge is 0.171 e. The van der Waals surface area contributed by atoms with E-state index in [1.807, 2.05) is 16.8 Å². The molecule has 1 aromatic heterocycles. The second-order valence-corrected chi connectivity index (χ2v) is 4.17. The first-order valence-corrected chi connectivity index (χ1v) is 5.92. The largest absolute Gasteiger partial charge is 0.389 e. The van der Waals surface area contributed by atoms with Crippen LogP contribution in [0.3, 0.4) is 0 Å². The summed E-state index contributed by atoms with van der Waals surface area (Å²) in [4.78, 5) is 5.09. The fourth-order valence-electron chi connectivity index (χ4n) is 1.22. The van der Waals surface area contributed by atoms with Crippen molar-refractivity contribution in [2.75, 3.05) is 0 Å². The molecule has 2 aromatic rings. The molecule has 17 heavy (non-hydrogen) atoms. The summed E-state index contributed by atoms with van der Waals surface area (Å²) in [6, 6.07) is 7.91. The van der Waals surface area contributed by atoms with Gasteiger partial charge >= 0.3 is 0 Å². The van der Waals surface area contributed by atoms with E-state index >= 15 is 0 Å². The second-order valence-electron chi connectivity index (χ2n) is 3.39. The van der Waals surface area contributed by atoms with Crippen molar-refractivity contribution in [3.63, 3.8) is 0 Å². The lowest BCUT2D eigenvalue weighted by atomic mass is 10.2. The van der Waals surface area contributed by atoms with Crippen LogP contribution in [-0.4, -0.2) is 5.84 Å². The van der Waals surface area contributed by atoms with Crippen LogP contribution in [0.5, 0.6) is 0 Å². The molecule has 0 atom stereocenters. The molecule has 0 saturated carbocycles. The third kappa shape index (κ3) is 3.29. The number of nitrogens with zero attached hydrogens (tertiary/aromatic N) is 1. The van der Waals surface area contributed by atoms with Crippen molar-refractivity contribution in [3.8, 4) is 0 Å². The van der Waals surface area contributed by atoms with Gasteiger partial charge in [0.15, 0.2) is 5.84 Å². The van der Waals surface area contributed by atoms with E-state index < -0.39 is 0 Å². The first-order chi connectivity index (χ1) is 8.25. The van der Waals surface area contributed by atoms with Crippen molar-refractivity contribution >= 4 is 17.2 Å². The van der Waals surface area contributed by atoms with Gasteiger partial charge < -0.3 is 10.6 Å². The first kappa shape index (κ1) is 11.6. The second kappa shape index (κ2) is 5.45. The van der Waals surface area contributed by atoms with Crippen molar-refractivity contribution in [3.05, 3.63) is 58.0 Å². The van der Waals surface area contributed by atoms with E-state index in [-0.39, 0.29) is 12.4 Å². The first-order valence-electron chi connectivity index (χ1n) is 4.98. The average molecular weight is 250 g/mol. The van der Waals surface area contributed by atoms with Crippen LogP contribution in [0, 0.1) is 5.82 Å². The van der Waals surface area contributed by atoms with Crippen LogP contribution in [-0.2, 0) is 11.4 Å². The fraction of sp³-hybridized carbons (Fsp3) is 0.0833. The molecular weight excluding hydrogens is 239 g/mol. The third-order valence-electron chi connectivity index (χ3n) is 2.12. The van der Waals surface area contributed by atoms with Crippen molar-refractivity contribution < 1.29 is 9.23 Å². The van der Waals surface area contributed by atoms with E-state index in [1.54, 1.807) is 23.5 Å². The zero-order valence-electron chi connectivity index (χ0n) is 8.97.